The topological polar surface area (TPSA) is 58.9 Å². The Morgan fingerprint density at radius 1 is 1.12 bits per heavy atom. The van der Waals surface area contributed by atoms with E-state index in [1.165, 1.54) is 4.68 Å². The van der Waals surface area contributed by atoms with Crippen LogP contribution >= 0.6 is 12.2 Å². The summed E-state index contributed by atoms with van der Waals surface area (Å²) in [5, 5.41) is 11.5. The van der Waals surface area contributed by atoms with Crippen LogP contribution in [0, 0.1) is 5.92 Å². The molecular weight excluding hydrogens is 332 g/mol. The number of thiocarbonyl (C=S) groups is 1. The molecule has 2 N–H and O–H groups in total. The van der Waals surface area contributed by atoms with Crippen LogP contribution in [0.5, 0.6) is 0 Å². The van der Waals surface area contributed by atoms with E-state index in [2.05, 4.69) is 29.6 Å². The molecule has 0 saturated heterocycles. The van der Waals surface area contributed by atoms with Gasteiger partial charge in [0.1, 0.15) is 0 Å². The first-order chi connectivity index (χ1) is 12.1. The molecule has 0 aliphatic rings. The van der Waals surface area contributed by atoms with Crippen molar-refractivity contribution >= 4 is 17.3 Å². The van der Waals surface area contributed by atoms with Crippen LogP contribution in [-0.4, -0.2) is 28.0 Å². The van der Waals surface area contributed by atoms with E-state index in [0.717, 1.165) is 37.2 Å². The average Bonchev–Trinajstić information content (AvgIpc) is 2.62. The van der Waals surface area contributed by atoms with E-state index in [9.17, 15) is 4.79 Å². The van der Waals surface area contributed by atoms with Gasteiger partial charge >= 0.3 is 0 Å². The molecule has 0 amide bonds. The van der Waals surface area contributed by atoms with Crippen molar-refractivity contribution in [3.05, 3.63) is 52.8 Å². The summed E-state index contributed by atoms with van der Waals surface area (Å²) in [4.78, 5) is 12.0. The van der Waals surface area contributed by atoms with Gasteiger partial charge in [-0.3, -0.25) is 4.79 Å². The SMILES string of the molecule is CC(C)CNC(=S)NCCCCn1nc(-c2ccccc2)ccc1=O. The molecular formula is C19H26N4OS. The third-order valence-corrected chi connectivity index (χ3v) is 3.98. The van der Waals surface area contributed by atoms with Gasteiger partial charge in [-0.05, 0) is 37.0 Å². The zero-order chi connectivity index (χ0) is 18.1. The van der Waals surface area contributed by atoms with Crippen LogP contribution in [0.1, 0.15) is 26.7 Å². The maximum absolute atomic E-state index is 12.0. The van der Waals surface area contributed by atoms with Crippen LogP contribution in [0.3, 0.4) is 0 Å². The minimum absolute atomic E-state index is 0.0678. The van der Waals surface area contributed by atoms with E-state index >= 15 is 0 Å². The Morgan fingerprint density at radius 3 is 2.60 bits per heavy atom. The van der Waals surface area contributed by atoms with Gasteiger partial charge in [0, 0.05) is 31.3 Å². The first-order valence-electron chi connectivity index (χ1n) is 8.71. The molecule has 2 aromatic rings. The van der Waals surface area contributed by atoms with Gasteiger partial charge in [-0.2, -0.15) is 5.10 Å². The van der Waals surface area contributed by atoms with Crippen molar-refractivity contribution < 1.29 is 0 Å². The molecule has 1 aromatic carbocycles. The highest BCUT2D eigenvalue weighted by Gasteiger charge is 2.03. The van der Waals surface area contributed by atoms with E-state index < -0.39 is 0 Å². The lowest BCUT2D eigenvalue weighted by Crippen LogP contribution is -2.37. The number of unbranched alkanes of at least 4 members (excludes halogenated alkanes) is 1. The van der Waals surface area contributed by atoms with E-state index in [0.29, 0.717) is 17.6 Å². The summed E-state index contributed by atoms with van der Waals surface area (Å²) in [6.45, 7) is 6.55. The first-order valence-corrected chi connectivity index (χ1v) is 9.12. The van der Waals surface area contributed by atoms with E-state index in [1.807, 2.05) is 30.3 Å². The summed E-state index contributed by atoms with van der Waals surface area (Å²) in [5.74, 6) is 0.564. The molecule has 5 nitrogen and oxygen atoms in total. The average molecular weight is 359 g/mol. The highest BCUT2D eigenvalue weighted by atomic mass is 32.1. The third-order valence-electron chi connectivity index (χ3n) is 3.69. The normalized spacial score (nSPS) is 10.7. The maximum Gasteiger partial charge on any atom is 0.266 e. The zero-order valence-electron chi connectivity index (χ0n) is 14.9. The predicted octanol–water partition coefficient (Wildman–Crippen LogP) is 2.81. The summed E-state index contributed by atoms with van der Waals surface area (Å²) in [5.41, 5.74) is 1.76. The third kappa shape index (κ3) is 6.66. The van der Waals surface area contributed by atoms with Crippen LogP contribution in [0.2, 0.25) is 0 Å². The quantitative estimate of drug-likeness (QED) is 0.561. The minimum atomic E-state index is -0.0678. The summed E-state index contributed by atoms with van der Waals surface area (Å²) in [6.07, 6.45) is 1.79. The number of benzene rings is 1. The van der Waals surface area contributed by atoms with Gasteiger partial charge in [0.15, 0.2) is 5.11 Å². The number of aryl methyl sites for hydroxylation is 1. The van der Waals surface area contributed by atoms with Gasteiger partial charge in [0.05, 0.1) is 5.69 Å². The molecule has 0 spiro atoms. The van der Waals surface area contributed by atoms with Crippen LogP contribution < -0.4 is 16.2 Å². The van der Waals surface area contributed by atoms with E-state index in [1.54, 1.807) is 12.1 Å². The standard InChI is InChI=1S/C19H26N4OS/c1-15(2)14-21-19(25)20-12-6-7-13-23-18(24)11-10-17(22-23)16-8-4-3-5-9-16/h3-5,8-11,15H,6-7,12-14H2,1-2H3,(H2,20,21,25). The minimum Gasteiger partial charge on any atom is -0.363 e. The Balaban J connectivity index is 1.79. The first kappa shape index (κ1) is 19.1. The zero-order valence-corrected chi connectivity index (χ0v) is 15.7. The monoisotopic (exact) mass is 358 g/mol. The van der Waals surface area contributed by atoms with Gasteiger partial charge < -0.3 is 10.6 Å². The molecule has 1 aromatic heterocycles. The molecule has 0 radical (unpaired) electrons. The second-order valence-corrected chi connectivity index (χ2v) is 6.79. The van der Waals surface area contributed by atoms with Crippen molar-refractivity contribution in [1.82, 2.24) is 20.4 Å². The molecule has 0 fully saturated rings. The van der Waals surface area contributed by atoms with E-state index in [-0.39, 0.29) is 5.56 Å². The molecule has 0 unspecified atom stereocenters. The van der Waals surface area contributed by atoms with Gasteiger partial charge in [-0.15, -0.1) is 0 Å². The highest BCUT2D eigenvalue weighted by Crippen LogP contribution is 2.14. The Hall–Kier alpha value is -2.21. The van der Waals surface area contributed by atoms with Gasteiger partial charge in [0.2, 0.25) is 0 Å². The lowest BCUT2D eigenvalue weighted by molar-refractivity contribution is 0.530. The summed E-state index contributed by atoms with van der Waals surface area (Å²) < 4.78 is 1.54. The van der Waals surface area contributed by atoms with Gasteiger partial charge in [-0.1, -0.05) is 44.2 Å². The Labute approximate surface area is 154 Å². The lowest BCUT2D eigenvalue weighted by atomic mass is 10.1. The molecule has 2 rings (SSSR count). The van der Waals surface area contributed by atoms with Crippen molar-refractivity contribution in [3.8, 4) is 11.3 Å². The molecule has 25 heavy (non-hydrogen) atoms. The second-order valence-electron chi connectivity index (χ2n) is 6.38. The molecule has 0 atom stereocenters. The van der Waals surface area contributed by atoms with Crippen molar-refractivity contribution in [1.29, 1.82) is 0 Å². The van der Waals surface area contributed by atoms with Crippen molar-refractivity contribution in [2.24, 2.45) is 5.92 Å². The predicted molar refractivity (Wildman–Crippen MR) is 107 cm³/mol. The number of nitrogens with zero attached hydrogens (tertiary/aromatic N) is 2. The molecule has 0 aliphatic heterocycles. The number of nitrogens with one attached hydrogen (secondary N) is 2. The summed E-state index contributed by atoms with van der Waals surface area (Å²) in [7, 11) is 0. The fourth-order valence-electron chi connectivity index (χ4n) is 2.32. The molecule has 0 bridgehead atoms. The van der Waals surface area contributed by atoms with E-state index in [4.69, 9.17) is 12.2 Å². The fraction of sp³-hybridized carbons (Fsp3) is 0.421. The number of hydrogen-bond acceptors (Lipinski definition) is 3. The van der Waals surface area contributed by atoms with Crippen molar-refractivity contribution in [2.75, 3.05) is 13.1 Å². The Morgan fingerprint density at radius 2 is 1.88 bits per heavy atom. The Bertz CT molecular complexity index is 728. The van der Waals surface area contributed by atoms with Crippen molar-refractivity contribution in [3.63, 3.8) is 0 Å². The van der Waals surface area contributed by atoms with Crippen LogP contribution in [0.25, 0.3) is 11.3 Å². The van der Waals surface area contributed by atoms with Crippen LogP contribution in [0.15, 0.2) is 47.3 Å². The summed E-state index contributed by atoms with van der Waals surface area (Å²) >= 11 is 5.22. The van der Waals surface area contributed by atoms with Gasteiger partial charge in [0.25, 0.3) is 5.56 Å². The molecule has 134 valence electrons. The summed E-state index contributed by atoms with van der Waals surface area (Å²) in [6, 6.07) is 13.2. The fourth-order valence-corrected chi connectivity index (χ4v) is 2.51. The van der Waals surface area contributed by atoms with Crippen LogP contribution in [0.4, 0.5) is 0 Å². The Kier molecular flexibility index (Phi) is 7.60. The largest absolute Gasteiger partial charge is 0.363 e. The number of hydrogen-bond donors (Lipinski definition) is 2. The number of aromatic nitrogens is 2. The number of rotatable bonds is 8. The molecule has 0 saturated carbocycles. The smallest absolute Gasteiger partial charge is 0.266 e. The van der Waals surface area contributed by atoms with Crippen LogP contribution in [-0.2, 0) is 6.54 Å². The molecule has 0 aliphatic carbocycles. The lowest BCUT2D eigenvalue weighted by Gasteiger charge is -2.12. The molecule has 6 heteroatoms. The van der Waals surface area contributed by atoms with Crippen molar-refractivity contribution in [2.45, 2.75) is 33.2 Å². The second kappa shape index (κ2) is 9.93. The van der Waals surface area contributed by atoms with Gasteiger partial charge in [-0.25, -0.2) is 4.68 Å². The highest BCUT2D eigenvalue weighted by molar-refractivity contribution is 7.80. The maximum atomic E-state index is 12.0. The molecule has 1 heterocycles.